The van der Waals surface area contributed by atoms with E-state index in [0.29, 0.717) is 5.82 Å². The molecule has 0 saturated heterocycles. The van der Waals surface area contributed by atoms with Crippen molar-refractivity contribution in [1.29, 1.82) is 0 Å². The Bertz CT molecular complexity index is 554. The fourth-order valence-corrected chi connectivity index (χ4v) is 3.15. The largest absolute Gasteiger partial charge is 0.481 e. The van der Waals surface area contributed by atoms with Crippen molar-refractivity contribution in [1.82, 2.24) is 9.55 Å². The third-order valence-electron chi connectivity index (χ3n) is 3.05. The Morgan fingerprint density at radius 2 is 2.33 bits per heavy atom. The predicted octanol–water partition coefficient (Wildman–Crippen LogP) is 2.17. The number of alkyl halides is 2. The van der Waals surface area contributed by atoms with Crippen LogP contribution in [0.15, 0.2) is 11.0 Å². The van der Waals surface area contributed by atoms with Crippen LogP contribution in [-0.4, -0.2) is 20.6 Å². The zero-order valence-electron chi connectivity index (χ0n) is 9.69. The van der Waals surface area contributed by atoms with E-state index >= 15 is 0 Å². The van der Waals surface area contributed by atoms with Gasteiger partial charge in [0.25, 0.3) is 5.56 Å². The molecule has 0 spiro atoms. The van der Waals surface area contributed by atoms with E-state index in [1.165, 1.54) is 6.20 Å². The second kappa shape index (κ2) is 4.77. The second-order valence-corrected chi connectivity index (χ2v) is 8.22. The molecule has 0 fully saturated rings. The Hall–Kier alpha value is -0.690. The first-order chi connectivity index (χ1) is 8.33. The molecule has 1 aromatic heterocycles. The summed E-state index contributed by atoms with van der Waals surface area (Å²) in [7, 11) is 0. The van der Waals surface area contributed by atoms with Crippen LogP contribution in [0.2, 0.25) is 0 Å². The summed E-state index contributed by atoms with van der Waals surface area (Å²) in [6, 6.07) is 0.0250. The average molecular weight is 380 g/mol. The van der Waals surface area contributed by atoms with Gasteiger partial charge in [0.1, 0.15) is 9.06 Å². The van der Waals surface area contributed by atoms with Crippen molar-refractivity contribution in [2.45, 2.75) is 35.5 Å². The topological polar surface area (TPSA) is 72.2 Å². The molecule has 1 unspecified atom stereocenters. The molecule has 0 radical (unpaired) electrons. The first kappa shape index (κ1) is 13.7. The molecule has 1 N–H and O–H groups in total. The molecular formula is C11H12Br2N2O3. The lowest BCUT2D eigenvalue weighted by Crippen LogP contribution is -2.38. The summed E-state index contributed by atoms with van der Waals surface area (Å²) in [5, 5.41) is 8.77. The maximum Gasteiger partial charge on any atom is 0.308 e. The number of hydrogen-bond acceptors (Lipinski definition) is 3. The van der Waals surface area contributed by atoms with Gasteiger partial charge in [0.15, 0.2) is 0 Å². The molecule has 0 aromatic carbocycles. The molecule has 18 heavy (non-hydrogen) atoms. The van der Waals surface area contributed by atoms with Gasteiger partial charge in [-0.05, 0) is 19.8 Å². The lowest BCUT2D eigenvalue weighted by molar-refractivity contribution is -0.136. The van der Waals surface area contributed by atoms with Crippen LogP contribution >= 0.6 is 31.9 Å². The van der Waals surface area contributed by atoms with Gasteiger partial charge in [-0.1, -0.05) is 31.9 Å². The molecule has 2 rings (SSSR count). The van der Waals surface area contributed by atoms with E-state index in [0.717, 1.165) is 12.8 Å². The molecule has 7 heteroatoms. The molecule has 1 aliphatic heterocycles. The highest BCUT2D eigenvalue weighted by Gasteiger charge is 2.37. The molecule has 2 heterocycles. The van der Waals surface area contributed by atoms with E-state index in [9.17, 15) is 9.59 Å². The normalized spacial score (nSPS) is 21.4. The molecule has 0 amide bonds. The van der Waals surface area contributed by atoms with Crippen LogP contribution in [0.5, 0.6) is 0 Å². The van der Waals surface area contributed by atoms with E-state index in [2.05, 4.69) is 36.8 Å². The van der Waals surface area contributed by atoms with Crippen LogP contribution in [-0.2, 0) is 14.4 Å². The molecule has 98 valence electrons. The summed E-state index contributed by atoms with van der Waals surface area (Å²) in [6.45, 7) is 1.94. The number of halogens is 2. The van der Waals surface area contributed by atoms with Crippen LogP contribution in [0.4, 0.5) is 0 Å². The third-order valence-corrected chi connectivity index (χ3v) is 4.55. The third kappa shape index (κ3) is 2.38. The van der Waals surface area contributed by atoms with E-state index < -0.39 is 9.20 Å². The smallest absolute Gasteiger partial charge is 0.308 e. The van der Waals surface area contributed by atoms with Gasteiger partial charge in [0, 0.05) is 17.8 Å². The standard InChI is InChI=1S/C11H12Br2N2O3/c1-6-2-3-11(12,13)10-14-5-7(4-8(16)17)9(18)15(6)10/h5-6H,2-4H2,1H3,(H,16,17). The van der Waals surface area contributed by atoms with Crippen molar-refractivity contribution in [3.8, 4) is 0 Å². The van der Waals surface area contributed by atoms with Crippen LogP contribution < -0.4 is 5.56 Å². The maximum absolute atomic E-state index is 12.3. The predicted molar refractivity (Wildman–Crippen MR) is 73.3 cm³/mol. The van der Waals surface area contributed by atoms with Gasteiger partial charge in [-0.25, -0.2) is 4.98 Å². The van der Waals surface area contributed by atoms with Gasteiger partial charge >= 0.3 is 5.97 Å². The first-order valence-corrected chi connectivity index (χ1v) is 7.12. The molecule has 1 aliphatic rings. The van der Waals surface area contributed by atoms with Gasteiger partial charge in [-0.3, -0.25) is 14.2 Å². The first-order valence-electron chi connectivity index (χ1n) is 5.53. The molecule has 0 saturated carbocycles. The number of fused-ring (bicyclic) bond motifs is 1. The Balaban J connectivity index is 2.60. The van der Waals surface area contributed by atoms with E-state index in [-0.39, 0.29) is 23.6 Å². The highest BCUT2D eigenvalue weighted by atomic mass is 79.9. The Morgan fingerprint density at radius 3 is 2.94 bits per heavy atom. The monoisotopic (exact) mass is 378 g/mol. The maximum atomic E-state index is 12.3. The Kier molecular flexibility index (Phi) is 3.64. The van der Waals surface area contributed by atoms with Crippen molar-refractivity contribution >= 4 is 37.8 Å². The van der Waals surface area contributed by atoms with Crippen LogP contribution in [0.1, 0.15) is 37.2 Å². The molecule has 5 nitrogen and oxygen atoms in total. The average Bonchev–Trinajstić information content (AvgIpc) is 2.26. The Morgan fingerprint density at radius 1 is 1.67 bits per heavy atom. The zero-order valence-corrected chi connectivity index (χ0v) is 12.9. The summed E-state index contributed by atoms with van der Waals surface area (Å²) < 4.78 is 1.07. The molecule has 1 aromatic rings. The van der Waals surface area contributed by atoms with Crippen molar-refractivity contribution in [3.05, 3.63) is 27.9 Å². The van der Waals surface area contributed by atoms with Crippen molar-refractivity contribution in [2.75, 3.05) is 0 Å². The number of aliphatic carboxylic acids is 1. The summed E-state index contributed by atoms with van der Waals surface area (Å²) >= 11 is 7.01. The Labute approximate surface area is 120 Å². The highest BCUT2D eigenvalue weighted by Crippen LogP contribution is 2.46. The number of nitrogens with zero attached hydrogens (tertiary/aromatic N) is 2. The molecular weight excluding hydrogens is 368 g/mol. The minimum Gasteiger partial charge on any atom is -0.481 e. The fraction of sp³-hybridized carbons (Fsp3) is 0.545. The molecule has 1 atom stereocenters. The SMILES string of the molecule is CC1CCC(Br)(Br)c2ncc(CC(=O)O)c(=O)n21. The molecule has 0 aliphatic carbocycles. The van der Waals surface area contributed by atoms with Gasteiger partial charge in [-0.15, -0.1) is 0 Å². The quantitative estimate of drug-likeness (QED) is 0.799. The van der Waals surface area contributed by atoms with Crippen LogP contribution in [0.3, 0.4) is 0 Å². The number of carbonyl (C=O) groups is 1. The molecule has 0 bridgehead atoms. The lowest BCUT2D eigenvalue weighted by atomic mass is 10.0. The summed E-state index contributed by atoms with van der Waals surface area (Å²) in [6.07, 6.45) is 2.70. The summed E-state index contributed by atoms with van der Waals surface area (Å²) in [4.78, 5) is 27.2. The van der Waals surface area contributed by atoms with E-state index in [4.69, 9.17) is 5.11 Å². The summed E-state index contributed by atoms with van der Waals surface area (Å²) in [5.74, 6) is -0.428. The van der Waals surface area contributed by atoms with Gasteiger partial charge in [0.2, 0.25) is 0 Å². The number of aromatic nitrogens is 2. The number of rotatable bonds is 2. The minimum atomic E-state index is -1.03. The number of carboxylic acid groups (broad SMARTS) is 1. The lowest BCUT2D eigenvalue weighted by Gasteiger charge is -2.33. The highest BCUT2D eigenvalue weighted by molar-refractivity contribution is 9.24. The van der Waals surface area contributed by atoms with Crippen LogP contribution in [0.25, 0.3) is 0 Å². The number of carboxylic acids is 1. The van der Waals surface area contributed by atoms with Gasteiger partial charge in [0.05, 0.1) is 6.42 Å². The fourth-order valence-electron chi connectivity index (χ4n) is 2.10. The van der Waals surface area contributed by atoms with E-state index in [1.807, 2.05) is 6.92 Å². The number of hydrogen-bond donors (Lipinski definition) is 1. The van der Waals surface area contributed by atoms with E-state index in [1.54, 1.807) is 4.57 Å². The summed E-state index contributed by atoms with van der Waals surface area (Å²) in [5.41, 5.74) is -0.0475. The van der Waals surface area contributed by atoms with Gasteiger partial charge in [-0.2, -0.15) is 0 Å². The minimum absolute atomic E-state index is 0.0250. The van der Waals surface area contributed by atoms with Crippen molar-refractivity contribution in [3.63, 3.8) is 0 Å². The van der Waals surface area contributed by atoms with Crippen molar-refractivity contribution in [2.24, 2.45) is 0 Å². The zero-order chi connectivity index (χ0) is 13.5. The van der Waals surface area contributed by atoms with Crippen LogP contribution in [0, 0.1) is 0 Å². The van der Waals surface area contributed by atoms with Gasteiger partial charge < -0.3 is 5.11 Å². The van der Waals surface area contributed by atoms with Crippen molar-refractivity contribution < 1.29 is 9.90 Å². The second-order valence-electron chi connectivity index (χ2n) is 4.44.